The number of rotatable bonds is 4. The van der Waals surface area contributed by atoms with E-state index < -0.39 is 192 Å². The van der Waals surface area contributed by atoms with Crippen LogP contribution in [-0.2, 0) is 16.9 Å². The van der Waals surface area contributed by atoms with Gasteiger partial charge in [0.25, 0.3) is 0 Å². The van der Waals surface area contributed by atoms with E-state index in [2.05, 4.69) is 0 Å². The Hall–Kier alpha value is -7.47. The highest BCUT2D eigenvalue weighted by atomic mass is 31.2. The van der Waals surface area contributed by atoms with Gasteiger partial charge in [-0.25, -0.2) is 74.8 Å². The van der Waals surface area contributed by atoms with E-state index in [9.17, 15) is 53.4 Å². The first-order chi connectivity index (χ1) is 33.9. The number of halogens is 22. The van der Waals surface area contributed by atoms with Crippen LogP contribution >= 0.6 is 7.82 Å². The molecule has 0 bridgehead atoms. The highest BCUT2D eigenvalue weighted by Crippen LogP contribution is 2.63. The summed E-state index contributed by atoms with van der Waals surface area (Å²) in [5, 5.41) is -1.47. The number of alkyl halides is 6. The molecule has 0 unspecified atom stereocenters. The van der Waals surface area contributed by atoms with Crippen LogP contribution in [0, 0.1) is 93.1 Å². The summed E-state index contributed by atoms with van der Waals surface area (Å²) in [6, 6.07) is 9.99. The molecule has 27 heteroatoms. The normalized spacial score (nSPS) is 13.5. The van der Waals surface area contributed by atoms with Crippen molar-refractivity contribution in [3.8, 4) is 67.1 Å². The van der Waals surface area contributed by atoms with Crippen LogP contribution < -0.4 is 9.05 Å². The summed E-state index contributed by atoms with van der Waals surface area (Å²) in [6.07, 6.45) is -12.4. The second-order valence-electron chi connectivity index (χ2n) is 15.4. The van der Waals surface area contributed by atoms with E-state index in [-0.39, 0.29) is 21.5 Å². The molecule has 8 aromatic carbocycles. The summed E-state index contributed by atoms with van der Waals surface area (Å²) in [5.41, 5.74) is -26.1. The van der Waals surface area contributed by atoms with Crippen molar-refractivity contribution >= 4 is 29.4 Å². The van der Waals surface area contributed by atoms with Gasteiger partial charge in [-0.15, -0.1) is 0 Å². The summed E-state index contributed by atoms with van der Waals surface area (Å²) in [6.45, 7) is 0. The van der Waals surface area contributed by atoms with Crippen molar-refractivity contribution in [1.29, 1.82) is 0 Å². The number of benzene rings is 8. The zero-order valence-corrected chi connectivity index (χ0v) is 35.1. The third kappa shape index (κ3) is 7.41. The molecule has 9 rings (SSSR count). The Labute approximate surface area is 388 Å². The Kier molecular flexibility index (Phi) is 11.6. The predicted molar refractivity (Wildman–Crippen MR) is 209 cm³/mol. The Balaban J connectivity index is 1.38. The van der Waals surface area contributed by atoms with E-state index in [0.717, 1.165) is 36.4 Å². The molecule has 1 aliphatic rings. The van der Waals surface area contributed by atoms with Crippen LogP contribution in [0.15, 0.2) is 60.7 Å². The van der Waals surface area contributed by atoms with E-state index in [0.29, 0.717) is 12.1 Å². The minimum Gasteiger partial charge on any atom is -0.394 e. The van der Waals surface area contributed by atoms with Crippen molar-refractivity contribution in [3.05, 3.63) is 165 Å². The summed E-state index contributed by atoms with van der Waals surface area (Å²) < 4.78 is 353. The lowest BCUT2D eigenvalue weighted by Crippen LogP contribution is -2.17. The lowest BCUT2D eigenvalue weighted by molar-refractivity contribution is -0.144. The van der Waals surface area contributed by atoms with Gasteiger partial charge in [-0.3, -0.25) is 4.89 Å². The zero-order chi connectivity index (χ0) is 53.6. The molecule has 378 valence electrons. The van der Waals surface area contributed by atoms with Gasteiger partial charge in [0.1, 0.15) is 22.6 Å². The topological polar surface area (TPSA) is 55.8 Å². The molecule has 1 aliphatic heterocycles. The van der Waals surface area contributed by atoms with Crippen molar-refractivity contribution in [2.75, 3.05) is 0 Å². The molecule has 1 N–H and O–H groups in total. The molecule has 0 aliphatic carbocycles. The second kappa shape index (κ2) is 16.8. The first-order valence-corrected chi connectivity index (χ1v) is 20.9. The molecule has 4 nitrogen and oxygen atoms in total. The largest absolute Gasteiger partial charge is 0.584 e. The van der Waals surface area contributed by atoms with Crippen molar-refractivity contribution in [2.24, 2.45) is 0 Å². The van der Waals surface area contributed by atoms with Gasteiger partial charge in [0.15, 0.2) is 93.1 Å². The van der Waals surface area contributed by atoms with Crippen molar-refractivity contribution < 1.29 is 115 Å². The first-order valence-electron chi connectivity index (χ1n) is 19.4. The van der Waals surface area contributed by atoms with Crippen LogP contribution in [0.1, 0.15) is 11.1 Å². The van der Waals surface area contributed by atoms with Gasteiger partial charge in [-0.05, 0) is 33.7 Å². The quantitative estimate of drug-likeness (QED) is 0.108. The molecular weight excluding hydrogens is 1070 g/mol. The van der Waals surface area contributed by atoms with Gasteiger partial charge in [0, 0.05) is 22.3 Å². The molecule has 73 heavy (non-hydrogen) atoms. The molecule has 0 saturated heterocycles. The van der Waals surface area contributed by atoms with Gasteiger partial charge in [-0.2, -0.15) is 26.3 Å². The van der Waals surface area contributed by atoms with Gasteiger partial charge < -0.3 is 9.05 Å². The van der Waals surface area contributed by atoms with Crippen LogP contribution in [0.25, 0.3) is 77.2 Å². The highest BCUT2D eigenvalue weighted by Gasteiger charge is 2.47. The number of fused-ring (bicyclic) bond motifs is 7. The predicted octanol–water partition coefficient (Wildman–Crippen LogP) is 16.5. The van der Waals surface area contributed by atoms with E-state index in [1.165, 1.54) is 12.1 Å². The minimum absolute atomic E-state index is 0.362. The zero-order valence-electron chi connectivity index (χ0n) is 34.2. The summed E-state index contributed by atoms with van der Waals surface area (Å²) >= 11 is 0. The second-order valence-corrected chi connectivity index (χ2v) is 16.7. The Morgan fingerprint density at radius 2 is 0.575 bits per heavy atom. The molecular formula is C46H11F22O4P. The van der Waals surface area contributed by atoms with Crippen molar-refractivity contribution in [1.82, 2.24) is 0 Å². The average Bonchev–Trinajstić information content (AvgIpc) is 3.44. The smallest absolute Gasteiger partial charge is 0.394 e. The van der Waals surface area contributed by atoms with E-state index >= 15 is 52.7 Å². The fourth-order valence-corrected chi connectivity index (χ4v) is 9.22. The molecule has 0 aromatic heterocycles. The van der Waals surface area contributed by atoms with Crippen molar-refractivity contribution in [2.45, 2.75) is 12.4 Å². The third-order valence-electron chi connectivity index (χ3n) is 11.3. The summed E-state index contributed by atoms with van der Waals surface area (Å²) in [7, 11) is -6.27. The Bertz CT molecular complexity index is 3490. The molecule has 1 heterocycles. The average molecular weight is 1080 g/mol. The number of hydrogen-bond donors (Lipinski definition) is 1. The van der Waals surface area contributed by atoms with Gasteiger partial charge >= 0.3 is 20.2 Å². The standard InChI is InChI=1S/C46H11F22O4P/c47-27-19(28(48)32(52)21(31(27)51)23-35(55)39(59)25(45(63,64)65)40(60)36(23)56)15-9-11-5-1-3-7-13(11)17-18-14-8-4-2-6-12(14)10-16(44(18)72-73(69,70)71-43(15)17)20-29(49)33(53)22(34(54)30(20)50)24-37(57)41(61)26(46(66,67)68)42(62)38(24)58/h1-10H,(H,69,70). The van der Waals surface area contributed by atoms with Crippen LogP contribution in [0.3, 0.4) is 0 Å². The fourth-order valence-electron chi connectivity index (χ4n) is 8.34. The van der Waals surface area contributed by atoms with Gasteiger partial charge in [0.2, 0.25) is 0 Å². The summed E-state index contributed by atoms with van der Waals surface area (Å²) in [5.74, 6) is -52.2. The maximum absolute atomic E-state index is 16.5. The number of hydrogen-bond acceptors (Lipinski definition) is 3. The van der Waals surface area contributed by atoms with Gasteiger partial charge in [0.05, 0.1) is 33.4 Å². The first kappa shape index (κ1) is 50.5. The van der Waals surface area contributed by atoms with Crippen LogP contribution in [0.4, 0.5) is 96.6 Å². The third-order valence-corrected chi connectivity index (χ3v) is 12.2. The molecule has 0 fully saturated rings. The fraction of sp³-hybridized carbons (Fsp3) is 0.0435. The Morgan fingerprint density at radius 3 is 0.836 bits per heavy atom. The van der Waals surface area contributed by atoms with E-state index in [1.807, 2.05) is 0 Å². The lowest BCUT2D eigenvalue weighted by atomic mass is 9.85. The lowest BCUT2D eigenvalue weighted by Gasteiger charge is -2.21. The molecule has 0 radical (unpaired) electrons. The monoisotopic (exact) mass is 1080 g/mol. The maximum atomic E-state index is 16.5. The molecule has 0 saturated carbocycles. The highest BCUT2D eigenvalue weighted by molar-refractivity contribution is 7.48. The van der Waals surface area contributed by atoms with E-state index in [1.54, 1.807) is 0 Å². The molecule has 0 atom stereocenters. The van der Waals surface area contributed by atoms with Crippen molar-refractivity contribution in [3.63, 3.8) is 0 Å². The molecule has 8 aromatic rings. The maximum Gasteiger partial charge on any atom is 0.584 e. The van der Waals surface area contributed by atoms with Gasteiger partial charge in [-0.1, -0.05) is 48.5 Å². The minimum atomic E-state index is -6.27. The Morgan fingerprint density at radius 1 is 0.342 bits per heavy atom. The SMILES string of the molecule is O=P1(O)Oc2c(-c3c(F)c(F)c(-c4c(F)c(F)c(C(F)(F)F)c(F)c4F)c(F)c3F)cc3ccccc3c2-c2c(c(-c3c(F)c(F)c(-c4c(F)c(F)c(C(F)(F)F)c(F)c4F)c(F)c3F)cc3ccccc23)O1. The molecule has 0 amide bonds. The molecule has 0 spiro atoms. The number of phosphoric ester groups is 1. The van der Waals surface area contributed by atoms with Crippen LogP contribution in [-0.4, -0.2) is 4.89 Å². The van der Waals surface area contributed by atoms with Crippen LogP contribution in [0.5, 0.6) is 11.5 Å². The van der Waals surface area contributed by atoms with Crippen LogP contribution in [0.2, 0.25) is 0 Å². The van der Waals surface area contributed by atoms with E-state index in [4.69, 9.17) is 9.05 Å². The number of phosphoric acid groups is 1. The summed E-state index contributed by atoms with van der Waals surface area (Å²) in [4.78, 5) is 11.2.